The molecule has 2 aromatic rings. The third-order valence-electron chi connectivity index (χ3n) is 3.41. The van der Waals surface area contributed by atoms with Crippen molar-refractivity contribution in [2.45, 2.75) is 20.3 Å². The lowest BCUT2D eigenvalue weighted by Gasteiger charge is -2.20. The van der Waals surface area contributed by atoms with Gasteiger partial charge in [-0.05, 0) is 31.9 Å². The minimum absolute atomic E-state index is 0.148. The number of carboxylic acid groups (broad SMARTS) is 1. The molecule has 1 heterocycles. The molecule has 0 aliphatic rings. The Morgan fingerprint density at radius 2 is 1.90 bits per heavy atom. The first-order chi connectivity index (χ1) is 9.33. The van der Waals surface area contributed by atoms with Crippen LogP contribution < -0.4 is 5.69 Å². The second-order valence-corrected chi connectivity index (χ2v) is 5.56. The fourth-order valence-electron chi connectivity index (χ4n) is 2.09. The highest BCUT2D eigenvalue weighted by molar-refractivity contribution is 5.74. The van der Waals surface area contributed by atoms with E-state index in [9.17, 15) is 14.7 Å². The molecule has 0 aliphatic heterocycles. The largest absolute Gasteiger partial charge is 0.481 e. The van der Waals surface area contributed by atoms with Gasteiger partial charge >= 0.3 is 11.7 Å². The zero-order valence-electron chi connectivity index (χ0n) is 11.8. The molecule has 0 atom stereocenters. The summed E-state index contributed by atoms with van der Waals surface area (Å²) < 4.78 is 3.02. The van der Waals surface area contributed by atoms with Gasteiger partial charge in [-0.2, -0.15) is 0 Å². The number of para-hydroxylation sites is 1. The normalized spacial score (nSPS) is 11.6. The van der Waals surface area contributed by atoms with Crippen LogP contribution in [-0.4, -0.2) is 20.2 Å². The van der Waals surface area contributed by atoms with Crippen LogP contribution >= 0.6 is 0 Å². The maximum absolute atomic E-state index is 12.0. The number of nitrogens with zero attached hydrogens (tertiary/aromatic N) is 2. The quantitative estimate of drug-likeness (QED) is 0.925. The van der Waals surface area contributed by atoms with Crippen molar-refractivity contribution in [1.82, 2.24) is 9.13 Å². The highest BCUT2D eigenvalue weighted by Crippen LogP contribution is 2.25. The first kappa shape index (κ1) is 14.1. The molecule has 0 radical (unpaired) electrons. The number of aryl methyl sites for hydroxylation is 1. The second-order valence-electron chi connectivity index (χ2n) is 5.56. The average Bonchev–Trinajstić information content (AvgIpc) is 2.70. The third kappa shape index (κ3) is 2.52. The Morgan fingerprint density at radius 1 is 1.25 bits per heavy atom. The van der Waals surface area contributed by atoms with Crippen molar-refractivity contribution >= 4 is 5.97 Å². The van der Waals surface area contributed by atoms with Crippen molar-refractivity contribution in [1.29, 1.82) is 0 Å². The Kier molecular flexibility index (Phi) is 3.53. The first-order valence-electron chi connectivity index (χ1n) is 6.38. The Labute approximate surface area is 117 Å². The maximum Gasteiger partial charge on any atom is 0.332 e. The SMILES string of the molecule is Cn1ccn(-c2ccccc2CC(C)(C)C(=O)O)c1=O. The monoisotopic (exact) mass is 274 g/mol. The van der Waals surface area contributed by atoms with Crippen LogP contribution in [0.4, 0.5) is 0 Å². The highest BCUT2D eigenvalue weighted by atomic mass is 16.4. The summed E-state index contributed by atoms with van der Waals surface area (Å²) in [7, 11) is 1.68. The lowest BCUT2D eigenvalue weighted by atomic mass is 9.85. The molecular formula is C15H18N2O3. The molecule has 0 unspecified atom stereocenters. The molecule has 5 heteroatoms. The number of aromatic nitrogens is 2. The molecule has 1 aromatic heterocycles. The van der Waals surface area contributed by atoms with Crippen LogP contribution in [0.25, 0.3) is 5.69 Å². The summed E-state index contributed by atoms with van der Waals surface area (Å²) in [6.07, 6.45) is 3.73. The Bertz CT molecular complexity index is 695. The van der Waals surface area contributed by atoms with Crippen molar-refractivity contribution in [3.05, 3.63) is 52.7 Å². The summed E-state index contributed by atoms with van der Waals surface area (Å²) in [6, 6.07) is 7.38. The molecule has 1 N–H and O–H groups in total. The average molecular weight is 274 g/mol. The lowest BCUT2D eigenvalue weighted by Crippen LogP contribution is -2.28. The molecule has 0 spiro atoms. The second kappa shape index (κ2) is 5.00. The van der Waals surface area contributed by atoms with Gasteiger partial charge < -0.3 is 9.67 Å². The van der Waals surface area contributed by atoms with Crippen LogP contribution in [-0.2, 0) is 18.3 Å². The molecule has 2 rings (SSSR count). The molecule has 0 aliphatic carbocycles. The summed E-state index contributed by atoms with van der Waals surface area (Å²) in [5.41, 5.74) is 0.542. The maximum atomic E-state index is 12.0. The Balaban J connectivity index is 2.50. The topological polar surface area (TPSA) is 64.2 Å². The number of carboxylic acids is 1. The minimum atomic E-state index is -0.880. The van der Waals surface area contributed by atoms with E-state index >= 15 is 0 Å². The van der Waals surface area contributed by atoms with Crippen molar-refractivity contribution in [3.8, 4) is 5.69 Å². The predicted molar refractivity (Wildman–Crippen MR) is 76.1 cm³/mol. The highest BCUT2D eigenvalue weighted by Gasteiger charge is 2.28. The van der Waals surface area contributed by atoms with Gasteiger partial charge in [-0.25, -0.2) is 4.79 Å². The predicted octanol–water partition coefficient (Wildman–Crippen LogP) is 1.83. The smallest absolute Gasteiger partial charge is 0.332 e. The molecule has 20 heavy (non-hydrogen) atoms. The van der Waals surface area contributed by atoms with E-state index in [1.807, 2.05) is 24.3 Å². The van der Waals surface area contributed by atoms with Crippen molar-refractivity contribution < 1.29 is 9.90 Å². The van der Waals surface area contributed by atoms with E-state index in [0.29, 0.717) is 6.42 Å². The number of hydrogen-bond acceptors (Lipinski definition) is 2. The van der Waals surface area contributed by atoms with Gasteiger partial charge in [0.2, 0.25) is 0 Å². The summed E-state index contributed by atoms with van der Waals surface area (Å²) in [4.78, 5) is 23.3. The van der Waals surface area contributed by atoms with Crippen LogP contribution in [0.15, 0.2) is 41.5 Å². The van der Waals surface area contributed by atoms with Gasteiger partial charge in [0.15, 0.2) is 0 Å². The lowest BCUT2D eigenvalue weighted by molar-refractivity contribution is -0.146. The fraction of sp³-hybridized carbons (Fsp3) is 0.333. The molecule has 0 amide bonds. The molecule has 0 saturated carbocycles. The van der Waals surface area contributed by atoms with E-state index in [0.717, 1.165) is 11.3 Å². The van der Waals surface area contributed by atoms with E-state index < -0.39 is 11.4 Å². The molecular weight excluding hydrogens is 256 g/mol. The molecule has 0 bridgehead atoms. The number of carbonyl (C=O) groups is 1. The first-order valence-corrected chi connectivity index (χ1v) is 6.38. The van der Waals surface area contributed by atoms with Crippen molar-refractivity contribution in [3.63, 3.8) is 0 Å². The van der Waals surface area contributed by atoms with Crippen molar-refractivity contribution in [2.24, 2.45) is 12.5 Å². The molecule has 106 valence electrons. The van der Waals surface area contributed by atoms with Crippen LogP contribution in [0.2, 0.25) is 0 Å². The number of hydrogen-bond donors (Lipinski definition) is 1. The van der Waals surface area contributed by atoms with Crippen LogP contribution in [0.1, 0.15) is 19.4 Å². The number of imidazole rings is 1. The summed E-state index contributed by atoms with van der Waals surface area (Å²) in [5.74, 6) is -0.854. The summed E-state index contributed by atoms with van der Waals surface area (Å²) in [6.45, 7) is 3.36. The molecule has 0 fully saturated rings. The zero-order valence-corrected chi connectivity index (χ0v) is 11.8. The Hall–Kier alpha value is -2.30. The van der Waals surface area contributed by atoms with E-state index in [2.05, 4.69) is 0 Å². The van der Waals surface area contributed by atoms with Gasteiger partial charge in [0, 0.05) is 19.4 Å². The number of rotatable bonds is 4. The van der Waals surface area contributed by atoms with Crippen LogP contribution in [0.5, 0.6) is 0 Å². The van der Waals surface area contributed by atoms with Gasteiger partial charge in [0.25, 0.3) is 0 Å². The van der Waals surface area contributed by atoms with E-state index in [1.165, 1.54) is 9.13 Å². The number of aliphatic carboxylic acids is 1. The number of benzene rings is 1. The minimum Gasteiger partial charge on any atom is -0.481 e. The molecule has 1 aromatic carbocycles. The van der Waals surface area contributed by atoms with Crippen LogP contribution in [0, 0.1) is 5.41 Å². The van der Waals surface area contributed by atoms with Crippen LogP contribution in [0.3, 0.4) is 0 Å². The standard InChI is InChI=1S/C15H18N2O3/c1-15(2,13(18)19)10-11-6-4-5-7-12(11)17-9-8-16(3)14(17)20/h4-9H,10H2,1-3H3,(H,18,19). The van der Waals surface area contributed by atoms with Gasteiger partial charge in [0.05, 0.1) is 11.1 Å². The summed E-state index contributed by atoms with van der Waals surface area (Å²) >= 11 is 0. The van der Waals surface area contributed by atoms with E-state index in [-0.39, 0.29) is 5.69 Å². The van der Waals surface area contributed by atoms with Crippen molar-refractivity contribution in [2.75, 3.05) is 0 Å². The molecule has 5 nitrogen and oxygen atoms in total. The fourth-order valence-corrected chi connectivity index (χ4v) is 2.09. The Morgan fingerprint density at radius 3 is 2.45 bits per heavy atom. The summed E-state index contributed by atoms with van der Waals surface area (Å²) in [5, 5.41) is 9.25. The van der Waals surface area contributed by atoms with Gasteiger partial charge in [0.1, 0.15) is 0 Å². The van der Waals surface area contributed by atoms with Gasteiger partial charge in [-0.1, -0.05) is 18.2 Å². The van der Waals surface area contributed by atoms with E-state index in [1.54, 1.807) is 33.3 Å². The van der Waals surface area contributed by atoms with E-state index in [4.69, 9.17) is 0 Å². The van der Waals surface area contributed by atoms with Gasteiger partial charge in [-0.15, -0.1) is 0 Å². The van der Waals surface area contributed by atoms with Gasteiger partial charge in [-0.3, -0.25) is 9.36 Å². The molecule has 0 saturated heterocycles. The third-order valence-corrected chi connectivity index (χ3v) is 3.41. The zero-order chi connectivity index (χ0) is 14.9.